The highest BCUT2D eigenvalue weighted by Crippen LogP contribution is 2.27. The van der Waals surface area contributed by atoms with Gasteiger partial charge < -0.3 is 0 Å². The molecule has 0 aromatic heterocycles. The van der Waals surface area contributed by atoms with Crippen LogP contribution in [0.2, 0.25) is 0 Å². The number of rotatable bonds is 2. The van der Waals surface area contributed by atoms with Crippen LogP contribution in [0.4, 0.5) is 4.39 Å². The molecule has 0 unspecified atom stereocenters. The van der Waals surface area contributed by atoms with Gasteiger partial charge in [0.25, 0.3) is 0 Å². The van der Waals surface area contributed by atoms with Gasteiger partial charge in [-0.15, -0.1) is 0 Å². The second-order valence-electron chi connectivity index (χ2n) is 4.06. The van der Waals surface area contributed by atoms with E-state index >= 15 is 0 Å². The second-order valence-corrected chi connectivity index (χ2v) is 4.06. The van der Waals surface area contributed by atoms with Gasteiger partial charge in [0.15, 0.2) is 5.78 Å². The van der Waals surface area contributed by atoms with E-state index in [2.05, 4.69) is 0 Å². The number of halogens is 1. The normalized spacial score (nSPS) is 10.3. The van der Waals surface area contributed by atoms with E-state index in [1.54, 1.807) is 6.07 Å². The summed E-state index contributed by atoms with van der Waals surface area (Å²) in [5.41, 5.74) is 3.26. The van der Waals surface area contributed by atoms with Gasteiger partial charge in [-0.25, -0.2) is 4.39 Å². The fraction of sp³-hybridized carbons (Fsp3) is 0.133. The Morgan fingerprint density at radius 1 is 1.06 bits per heavy atom. The highest BCUT2D eigenvalue weighted by atomic mass is 19.1. The fourth-order valence-corrected chi connectivity index (χ4v) is 1.92. The Hall–Kier alpha value is -1.96. The molecule has 2 heteroatoms. The summed E-state index contributed by atoms with van der Waals surface area (Å²) in [5, 5.41) is 0. The lowest BCUT2D eigenvalue weighted by Crippen LogP contribution is -1.98. The molecule has 0 spiro atoms. The van der Waals surface area contributed by atoms with Crippen molar-refractivity contribution in [2.45, 2.75) is 13.8 Å². The van der Waals surface area contributed by atoms with E-state index in [0.29, 0.717) is 5.56 Å². The molecule has 0 saturated carbocycles. The van der Waals surface area contributed by atoms with Crippen LogP contribution in [0.25, 0.3) is 11.1 Å². The zero-order valence-corrected chi connectivity index (χ0v) is 9.83. The Balaban J connectivity index is 2.68. The smallest absolute Gasteiger partial charge is 0.160 e. The fourth-order valence-electron chi connectivity index (χ4n) is 1.92. The van der Waals surface area contributed by atoms with Crippen LogP contribution in [0.1, 0.15) is 22.8 Å². The molecule has 0 aliphatic rings. The molecule has 0 saturated heterocycles. The molecule has 0 amide bonds. The van der Waals surface area contributed by atoms with Gasteiger partial charge in [-0.3, -0.25) is 4.79 Å². The van der Waals surface area contributed by atoms with Gasteiger partial charge in [-0.1, -0.05) is 30.3 Å². The lowest BCUT2D eigenvalue weighted by Gasteiger charge is -2.10. The van der Waals surface area contributed by atoms with E-state index < -0.39 is 0 Å². The number of benzene rings is 2. The summed E-state index contributed by atoms with van der Waals surface area (Å²) >= 11 is 0. The number of aryl methyl sites for hydroxylation is 1. The third kappa shape index (κ3) is 2.26. The predicted octanol–water partition coefficient (Wildman–Crippen LogP) is 4.00. The molecule has 0 radical (unpaired) electrons. The number of ketones is 1. The van der Waals surface area contributed by atoms with Crippen LogP contribution < -0.4 is 0 Å². The van der Waals surface area contributed by atoms with Crippen LogP contribution in [0.5, 0.6) is 0 Å². The highest BCUT2D eigenvalue weighted by molar-refractivity contribution is 6.01. The van der Waals surface area contributed by atoms with Crippen molar-refractivity contribution in [1.29, 1.82) is 0 Å². The van der Waals surface area contributed by atoms with Gasteiger partial charge in [0.1, 0.15) is 5.82 Å². The molecule has 2 rings (SSSR count). The van der Waals surface area contributed by atoms with Gasteiger partial charge in [-0.05, 0) is 42.7 Å². The molecule has 0 N–H and O–H groups in total. The van der Waals surface area contributed by atoms with E-state index in [9.17, 15) is 9.18 Å². The van der Waals surface area contributed by atoms with Crippen molar-refractivity contribution in [2.75, 3.05) is 0 Å². The summed E-state index contributed by atoms with van der Waals surface area (Å²) in [6.45, 7) is 3.43. The summed E-state index contributed by atoms with van der Waals surface area (Å²) < 4.78 is 13.2. The quantitative estimate of drug-likeness (QED) is 0.710. The maximum atomic E-state index is 13.2. The molecule has 1 nitrogen and oxygen atoms in total. The Bertz CT molecular complexity index is 573. The molecule has 0 heterocycles. The lowest BCUT2D eigenvalue weighted by atomic mass is 9.94. The standard InChI is InChI=1S/C15H13FO/c1-10-5-3-4-6-13(10)14-8-7-12(16)9-15(14)11(2)17/h3-9H,1-2H3. The zero-order chi connectivity index (χ0) is 12.4. The molecule has 86 valence electrons. The van der Waals surface area contributed by atoms with Gasteiger partial charge in [0, 0.05) is 5.56 Å². The van der Waals surface area contributed by atoms with Gasteiger partial charge in [0.05, 0.1) is 0 Å². The van der Waals surface area contributed by atoms with Gasteiger partial charge in [-0.2, -0.15) is 0 Å². The largest absolute Gasteiger partial charge is 0.294 e. The van der Waals surface area contributed by atoms with E-state index in [1.807, 2.05) is 31.2 Å². The molecule has 0 aliphatic carbocycles. The minimum atomic E-state index is -0.382. The number of hydrogen-bond acceptors (Lipinski definition) is 1. The van der Waals surface area contributed by atoms with Crippen molar-refractivity contribution in [2.24, 2.45) is 0 Å². The lowest BCUT2D eigenvalue weighted by molar-refractivity contribution is 0.101. The molecule has 0 aliphatic heterocycles. The van der Waals surface area contributed by atoms with Crippen molar-refractivity contribution < 1.29 is 9.18 Å². The summed E-state index contributed by atoms with van der Waals surface area (Å²) in [4.78, 5) is 11.5. The Morgan fingerprint density at radius 2 is 1.76 bits per heavy atom. The van der Waals surface area contributed by atoms with Crippen LogP contribution in [-0.2, 0) is 0 Å². The first-order valence-corrected chi connectivity index (χ1v) is 5.46. The van der Waals surface area contributed by atoms with E-state index in [1.165, 1.54) is 19.1 Å². The first-order valence-electron chi connectivity index (χ1n) is 5.46. The number of hydrogen-bond donors (Lipinski definition) is 0. The molecule has 2 aromatic rings. The summed E-state index contributed by atoms with van der Waals surface area (Å²) in [7, 11) is 0. The zero-order valence-electron chi connectivity index (χ0n) is 9.83. The summed E-state index contributed by atoms with van der Waals surface area (Å²) in [5.74, 6) is -0.504. The minimum Gasteiger partial charge on any atom is -0.294 e. The van der Waals surface area contributed by atoms with Crippen LogP contribution in [0, 0.1) is 12.7 Å². The summed E-state index contributed by atoms with van der Waals surface area (Å²) in [6.07, 6.45) is 0. The van der Waals surface area contributed by atoms with Gasteiger partial charge in [0.2, 0.25) is 0 Å². The Kier molecular flexibility index (Phi) is 3.05. The number of Topliss-reactive ketones (excluding diaryl/α,β-unsaturated/α-hetero) is 1. The molecule has 0 atom stereocenters. The molecule has 0 fully saturated rings. The van der Waals surface area contributed by atoms with Crippen molar-refractivity contribution in [3.05, 3.63) is 59.4 Å². The van der Waals surface area contributed by atoms with E-state index in [4.69, 9.17) is 0 Å². The van der Waals surface area contributed by atoms with Gasteiger partial charge >= 0.3 is 0 Å². The van der Waals surface area contributed by atoms with E-state index in [0.717, 1.165) is 16.7 Å². The van der Waals surface area contributed by atoms with Crippen molar-refractivity contribution in [1.82, 2.24) is 0 Å². The third-order valence-corrected chi connectivity index (χ3v) is 2.80. The number of carbonyl (C=O) groups excluding carboxylic acids is 1. The van der Waals surface area contributed by atoms with Crippen LogP contribution >= 0.6 is 0 Å². The van der Waals surface area contributed by atoms with Crippen molar-refractivity contribution in [3.8, 4) is 11.1 Å². The SMILES string of the molecule is CC(=O)c1cc(F)ccc1-c1ccccc1C. The molecular weight excluding hydrogens is 215 g/mol. The minimum absolute atomic E-state index is 0.122. The Labute approximate surface area is 99.9 Å². The average Bonchev–Trinajstić information content (AvgIpc) is 2.30. The first kappa shape index (κ1) is 11.5. The van der Waals surface area contributed by atoms with Crippen LogP contribution in [0.15, 0.2) is 42.5 Å². The molecule has 2 aromatic carbocycles. The highest BCUT2D eigenvalue weighted by Gasteiger charge is 2.11. The van der Waals surface area contributed by atoms with Crippen molar-refractivity contribution in [3.63, 3.8) is 0 Å². The molecule has 0 bridgehead atoms. The number of carbonyl (C=O) groups is 1. The van der Waals surface area contributed by atoms with Crippen LogP contribution in [-0.4, -0.2) is 5.78 Å². The van der Waals surface area contributed by atoms with E-state index in [-0.39, 0.29) is 11.6 Å². The third-order valence-electron chi connectivity index (χ3n) is 2.80. The molecular formula is C15H13FO. The Morgan fingerprint density at radius 3 is 2.41 bits per heavy atom. The average molecular weight is 228 g/mol. The first-order chi connectivity index (χ1) is 8.09. The predicted molar refractivity (Wildman–Crippen MR) is 66.6 cm³/mol. The maximum absolute atomic E-state index is 13.2. The maximum Gasteiger partial charge on any atom is 0.160 e. The summed E-state index contributed by atoms with van der Waals surface area (Å²) in [6, 6.07) is 12.1. The van der Waals surface area contributed by atoms with Crippen LogP contribution in [0.3, 0.4) is 0 Å². The van der Waals surface area contributed by atoms with Crippen molar-refractivity contribution >= 4 is 5.78 Å². The topological polar surface area (TPSA) is 17.1 Å². The second kappa shape index (κ2) is 4.50. The monoisotopic (exact) mass is 228 g/mol. The molecule has 17 heavy (non-hydrogen) atoms.